The number of amides is 1. The van der Waals surface area contributed by atoms with Gasteiger partial charge in [-0.05, 0) is 24.6 Å². The number of primary amides is 1. The van der Waals surface area contributed by atoms with Gasteiger partial charge in [-0.15, -0.1) is 0 Å². The summed E-state index contributed by atoms with van der Waals surface area (Å²) in [5, 5.41) is 0.114. The summed E-state index contributed by atoms with van der Waals surface area (Å²) in [6.07, 6.45) is 1.83. The Balaban J connectivity index is 1.79. The summed E-state index contributed by atoms with van der Waals surface area (Å²) < 4.78 is 33.0. The van der Waals surface area contributed by atoms with Gasteiger partial charge in [0.05, 0.1) is 37.4 Å². The number of halogens is 1. The topological polar surface area (TPSA) is 107 Å². The van der Waals surface area contributed by atoms with Gasteiger partial charge in [0.25, 0.3) is 11.7 Å². The highest BCUT2D eigenvalue weighted by Crippen LogP contribution is 2.32. The predicted octanol–water partition coefficient (Wildman–Crippen LogP) is 0.838. The van der Waals surface area contributed by atoms with E-state index in [1.807, 2.05) is 24.4 Å². The summed E-state index contributed by atoms with van der Waals surface area (Å²) in [4.78, 5) is 16.2. The Hall–Kier alpha value is -2.36. The monoisotopic (exact) mass is 425 g/mol. The molecule has 0 atom stereocenters. The van der Waals surface area contributed by atoms with Crippen LogP contribution in [-0.4, -0.2) is 51.4 Å². The van der Waals surface area contributed by atoms with E-state index in [1.54, 1.807) is 6.92 Å². The minimum Gasteiger partial charge on any atom is -0.483 e. The maximum atomic E-state index is 13.1. The van der Waals surface area contributed by atoms with Crippen molar-refractivity contribution in [2.24, 2.45) is 5.73 Å². The van der Waals surface area contributed by atoms with Gasteiger partial charge >= 0.3 is 0 Å². The zero-order valence-corrected chi connectivity index (χ0v) is 17.0. The lowest BCUT2D eigenvalue weighted by Crippen LogP contribution is -2.49. The molecule has 28 heavy (non-hydrogen) atoms. The van der Waals surface area contributed by atoms with Crippen LogP contribution in [0.15, 0.2) is 41.4 Å². The van der Waals surface area contributed by atoms with E-state index in [0.717, 1.165) is 5.82 Å². The highest BCUT2D eigenvalue weighted by molar-refractivity contribution is 7.89. The van der Waals surface area contributed by atoms with Crippen LogP contribution >= 0.6 is 11.6 Å². The third-order valence-electron chi connectivity index (χ3n) is 4.49. The summed E-state index contributed by atoms with van der Waals surface area (Å²) in [5.41, 5.74) is 5.72. The van der Waals surface area contributed by atoms with Crippen LogP contribution in [0.5, 0.6) is 5.75 Å². The molecule has 1 aromatic carbocycles. The van der Waals surface area contributed by atoms with Gasteiger partial charge in [0.1, 0.15) is 10.6 Å². The number of nitrogens with zero attached hydrogens (tertiary/aromatic N) is 2. The first-order valence-corrected chi connectivity index (χ1v) is 10.5. The fourth-order valence-electron chi connectivity index (χ4n) is 3.03. The molecule has 1 amide bonds. The molecule has 1 fully saturated rings. The number of anilines is 1. The van der Waals surface area contributed by atoms with Gasteiger partial charge in [0.2, 0.25) is 10.0 Å². The standard InChI is InChI=1S/C18H21ClN4O4S/c1-13-10-14(19)16(11-15(13)27-12-17(20)24)28(25,26)23-8-6-22(7-9-23)18-4-2-3-5-21-18/h2-5,10-11H,6-9,12H2,1H3,(H2,20,24)/p+1. The second-order valence-electron chi connectivity index (χ2n) is 6.44. The van der Waals surface area contributed by atoms with Crippen LogP contribution in [0.2, 0.25) is 5.02 Å². The number of hydrogen-bond acceptors (Lipinski definition) is 5. The van der Waals surface area contributed by atoms with E-state index >= 15 is 0 Å². The van der Waals surface area contributed by atoms with E-state index in [9.17, 15) is 13.2 Å². The average molecular weight is 426 g/mol. The summed E-state index contributed by atoms with van der Waals surface area (Å²) in [7, 11) is -3.81. The molecule has 0 unspecified atom stereocenters. The first-order chi connectivity index (χ1) is 13.3. The lowest BCUT2D eigenvalue weighted by Gasteiger charge is -2.30. The van der Waals surface area contributed by atoms with Crippen LogP contribution in [0.4, 0.5) is 5.82 Å². The molecule has 0 aliphatic carbocycles. The van der Waals surface area contributed by atoms with E-state index in [2.05, 4.69) is 9.88 Å². The number of ether oxygens (including phenoxy) is 1. The molecule has 8 nitrogen and oxygen atoms in total. The van der Waals surface area contributed by atoms with Crippen molar-refractivity contribution in [1.29, 1.82) is 0 Å². The number of sulfonamides is 1. The van der Waals surface area contributed by atoms with E-state index in [0.29, 0.717) is 31.7 Å². The smallest absolute Gasteiger partial charge is 0.274 e. The zero-order valence-electron chi connectivity index (χ0n) is 15.4. The van der Waals surface area contributed by atoms with Crippen LogP contribution in [0.25, 0.3) is 0 Å². The van der Waals surface area contributed by atoms with E-state index in [-0.39, 0.29) is 22.3 Å². The van der Waals surface area contributed by atoms with Crippen molar-refractivity contribution < 1.29 is 22.9 Å². The summed E-state index contributed by atoms with van der Waals surface area (Å²) in [6.45, 7) is 3.13. The molecule has 0 bridgehead atoms. The van der Waals surface area contributed by atoms with Gasteiger partial charge in [-0.3, -0.25) is 9.69 Å². The van der Waals surface area contributed by atoms with Gasteiger partial charge in [0, 0.05) is 12.1 Å². The quantitative estimate of drug-likeness (QED) is 0.737. The Morgan fingerprint density at radius 2 is 1.96 bits per heavy atom. The largest absolute Gasteiger partial charge is 0.483 e. The number of rotatable bonds is 6. The van der Waals surface area contributed by atoms with Crippen molar-refractivity contribution in [3.05, 3.63) is 47.1 Å². The molecule has 1 aliphatic rings. The Morgan fingerprint density at radius 3 is 2.57 bits per heavy atom. The Kier molecular flexibility index (Phi) is 6.07. The number of piperazine rings is 1. The van der Waals surface area contributed by atoms with Gasteiger partial charge in [-0.1, -0.05) is 17.7 Å². The third kappa shape index (κ3) is 4.37. The molecular weight excluding hydrogens is 404 g/mol. The van der Waals surface area contributed by atoms with Crippen molar-refractivity contribution in [2.75, 3.05) is 37.7 Å². The minimum absolute atomic E-state index is 0.0426. The van der Waals surface area contributed by atoms with Crippen LogP contribution in [-0.2, 0) is 14.8 Å². The summed E-state index contributed by atoms with van der Waals surface area (Å²) in [6, 6.07) is 8.63. The number of aryl methyl sites for hydroxylation is 1. The van der Waals surface area contributed by atoms with Crippen LogP contribution < -0.4 is 20.4 Å². The molecule has 1 saturated heterocycles. The predicted molar refractivity (Wildman–Crippen MR) is 105 cm³/mol. The molecule has 2 heterocycles. The number of carbonyl (C=O) groups is 1. The Labute approximate surface area is 168 Å². The highest BCUT2D eigenvalue weighted by atomic mass is 35.5. The lowest BCUT2D eigenvalue weighted by atomic mass is 10.2. The molecule has 0 spiro atoms. The maximum Gasteiger partial charge on any atom is 0.274 e. The normalized spacial score (nSPS) is 15.4. The van der Waals surface area contributed by atoms with E-state index in [1.165, 1.54) is 16.4 Å². The fraction of sp³-hybridized carbons (Fsp3) is 0.333. The number of nitrogens with two attached hydrogens (primary N) is 1. The molecule has 2 aromatic rings. The SMILES string of the molecule is Cc1cc(Cl)c(S(=O)(=O)N2CCN(c3cccc[nH+]3)CC2)cc1OCC(N)=O. The molecular formula is C18H22ClN4O4S+. The minimum atomic E-state index is -3.81. The summed E-state index contributed by atoms with van der Waals surface area (Å²) in [5.74, 6) is 0.557. The van der Waals surface area contributed by atoms with Crippen molar-refractivity contribution in [1.82, 2.24) is 4.31 Å². The number of pyridine rings is 1. The number of carbonyl (C=O) groups excluding carboxylic acids is 1. The number of benzene rings is 1. The number of aromatic nitrogens is 1. The molecule has 0 saturated carbocycles. The Bertz CT molecular complexity index is 961. The van der Waals surface area contributed by atoms with Crippen molar-refractivity contribution in [3.8, 4) is 5.75 Å². The van der Waals surface area contributed by atoms with Crippen molar-refractivity contribution >= 4 is 33.3 Å². The van der Waals surface area contributed by atoms with E-state index in [4.69, 9.17) is 22.1 Å². The Morgan fingerprint density at radius 1 is 1.25 bits per heavy atom. The van der Waals surface area contributed by atoms with E-state index < -0.39 is 15.9 Å². The second-order valence-corrected chi connectivity index (χ2v) is 8.76. The van der Waals surface area contributed by atoms with Gasteiger partial charge in [0.15, 0.2) is 6.61 Å². The van der Waals surface area contributed by atoms with Crippen molar-refractivity contribution in [3.63, 3.8) is 0 Å². The third-order valence-corrected chi connectivity index (χ3v) is 6.85. The molecule has 1 aromatic heterocycles. The first kappa shape index (κ1) is 20.4. The number of aromatic amines is 1. The molecule has 150 valence electrons. The first-order valence-electron chi connectivity index (χ1n) is 8.72. The summed E-state index contributed by atoms with van der Waals surface area (Å²) >= 11 is 6.22. The maximum absolute atomic E-state index is 13.1. The van der Waals surface area contributed by atoms with Crippen LogP contribution in [0.3, 0.4) is 0 Å². The molecule has 10 heteroatoms. The molecule has 3 rings (SSSR count). The lowest BCUT2D eigenvalue weighted by molar-refractivity contribution is -0.364. The fourth-order valence-corrected chi connectivity index (χ4v) is 5.02. The van der Waals surface area contributed by atoms with Gasteiger partial charge in [-0.25, -0.2) is 13.4 Å². The molecule has 3 N–H and O–H groups in total. The highest BCUT2D eigenvalue weighted by Gasteiger charge is 2.33. The van der Waals surface area contributed by atoms with Crippen LogP contribution in [0, 0.1) is 6.92 Å². The second kappa shape index (κ2) is 8.34. The van der Waals surface area contributed by atoms with Crippen LogP contribution in [0.1, 0.15) is 5.56 Å². The molecule has 1 aliphatic heterocycles. The average Bonchev–Trinajstić information content (AvgIpc) is 2.68. The van der Waals surface area contributed by atoms with Gasteiger partial charge in [-0.2, -0.15) is 4.31 Å². The number of H-pyrrole nitrogens is 1. The number of hydrogen-bond donors (Lipinski definition) is 1. The van der Waals surface area contributed by atoms with Crippen molar-refractivity contribution in [2.45, 2.75) is 11.8 Å². The molecule has 0 radical (unpaired) electrons. The zero-order chi connectivity index (χ0) is 20.3. The van der Waals surface area contributed by atoms with Gasteiger partial charge < -0.3 is 10.5 Å². The number of nitrogens with one attached hydrogen (secondary N) is 1.